The van der Waals surface area contributed by atoms with Gasteiger partial charge in [-0.3, -0.25) is 0 Å². The first-order valence-electron chi connectivity index (χ1n) is 6.80. The highest BCUT2D eigenvalue weighted by atomic mass is 16.7. The lowest BCUT2D eigenvalue weighted by molar-refractivity contribution is -0.121. The van der Waals surface area contributed by atoms with Gasteiger partial charge in [-0.25, -0.2) is 0 Å². The lowest BCUT2D eigenvalue weighted by Crippen LogP contribution is -2.45. The van der Waals surface area contributed by atoms with Crippen molar-refractivity contribution in [3.63, 3.8) is 0 Å². The van der Waals surface area contributed by atoms with Gasteiger partial charge in [0.05, 0.1) is 6.04 Å². The van der Waals surface area contributed by atoms with E-state index >= 15 is 0 Å². The van der Waals surface area contributed by atoms with E-state index in [0.29, 0.717) is 11.5 Å². The molecular formula is C14H29NO2. The van der Waals surface area contributed by atoms with Gasteiger partial charge in [-0.05, 0) is 38.0 Å². The average molecular weight is 243 g/mol. The zero-order valence-electron chi connectivity index (χ0n) is 12.1. The molecule has 102 valence electrons. The Morgan fingerprint density at radius 3 is 2.35 bits per heavy atom. The first-order chi connectivity index (χ1) is 7.98. The number of methoxy groups -OCH3 is 2. The van der Waals surface area contributed by atoms with Crippen LogP contribution >= 0.6 is 0 Å². The SMILES string of the molecule is COC(OC)C(C)NC1CCCC(C)(C)CC1. The Bertz CT molecular complexity index is 214. The van der Waals surface area contributed by atoms with Gasteiger partial charge in [0.25, 0.3) is 0 Å². The minimum absolute atomic E-state index is 0.147. The van der Waals surface area contributed by atoms with E-state index in [2.05, 4.69) is 26.1 Å². The molecule has 1 rings (SSSR count). The van der Waals surface area contributed by atoms with Crippen LogP contribution in [0.15, 0.2) is 0 Å². The van der Waals surface area contributed by atoms with Crippen LogP contribution in [-0.4, -0.2) is 32.6 Å². The largest absolute Gasteiger partial charge is 0.354 e. The third-order valence-corrected chi connectivity index (χ3v) is 3.95. The number of rotatable bonds is 5. The fraction of sp³-hybridized carbons (Fsp3) is 1.00. The molecule has 0 aromatic heterocycles. The topological polar surface area (TPSA) is 30.5 Å². The van der Waals surface area contributed by atoms with Crippen molar-refractivity contribution in [2.45, 2.75) is 71.2 Å². The van der Waals surface area contributed by atoms with E-state index in [0.717, 1.165) is 0 Å². The van der Waals surface area contributed by atoms with Crippen LogP contribution in [0.25, 0.3) is 0 Å². The van der Waals surface area contributed by atoms with E-state index in [-0.39, 0.29) is 12.3 Å². The molecule has 0 spiro atoms. The fourth-order valence-electron chi connectivity index (χ4n) is 2.78. The van der Waals surface area contributed by atoms with E-state index < -0.39 is 0 Å². The summed E-state index contributed by atoms with van der Waals surface area (Å²) in [4.78, 5) is 0. The van der Waals surface area contributed by atoms with Crippen molar-refractivity contribution in [1.82, 2.24) is 5.32 Å². The van der Waals surface area contributed by atoms with Crippen molar-refractivity contribution in [2.24, 2.45) is 5.41 Å². The average Bonchev–Trinajstić information content (AvgIpc) is 2.42. The maximum atomic E-state index is 5.29. The van der Waals surface area contributed by atoms with Crippen LogP contribution in [0.2, 0.25) is 0 Å². The number of hydrogen-bond donors (Lipinski definition) is 1. The smallest absolute Gasteiger partial charge is 0.171 e. The van der Waals surface area contributed by atoms with E-state index in [4.69, 9.17) is 9.47 Å². The van der Waals surface area contributed by atoms with Crippen molar-refractivity contribution in [3.05, 3.63) is 0 Å². The van der Waals surface area contributed by atoms with E-state index in [1.807, 2.05) is 0 Å². The van der Waals surface area contributed by atoms with Crippen LogP contribution in [0.4, 0.5) is 0 Å². The summed E-state index contributed by atoms with van der Waals surface area (Å²) < 4.78 is 10.6. The second-order valence-corrected chi connectivity index (χ2v) is 6.09. The quantitative estimate of drug-likeness (QED) is 0.595. The van der Waals surface area contributed by atoms with E-state index in [9.17, 15) is 0 Å². The molecule has 1 fully saturated rings. The molecule has 0 radical (unpaired) electrons. The third-order valence-electron chi connectivity index (χ3n) is 3.95. The van der Waals surface area contributed by atoms with E-state index in [1.54, 1.807) is 14.2 Å². The zero-order chi connectivity index (χ0) is 12.9. The van der Waals surface area contributed by atoms with Crippen LogP contribution < -0.4 is 5.32 Å². The van der Waals surface area contributed by atoms with Gasteiger partial charge in [-0.15, -0.1) is 0 Å². The van der Waals surface area contributed by atoms with Gasteiger partial charge in [0, 0.05) is 20.3 Å². The second-order valence-electron chi connectivity index (χ2n) is 6.09. The molecule has 1 saturated carbocycles. The van der Waals surface area contributed by atoms with Crippen molar-refractivity contribution >= 4 is 0 Å². The summed E-state index contributed by atoms with van der Waals surface area (Å²) in [7, 11) is 3.39. The molecule has 0 saturated heterocycles. The Morgan fingerprint density at radius 2 is 1.76 bits per heavy atom. The molecule has 0 bridgehead atoms. The number of hydrogen-bond acceptors (Lipinski definition) is 3. The highest BCUT2D eigenvalue weighted by Crippen LogP contribution is 2.33. The molecule has 0 aromatic rings. The maximum Gasteiger partial charge on any atom is 0.171 e. The molecule has 1 N–H and O–H groups in total. The first-order valence-corrected chi connectivity index (χ1v) is 6.80. The van der Waals surface area contributed by atoms with Crippen LogP contribution in [0.1, 0.15) is 52.9 Å². The monoisotopic (exact) mass is 243 g/mol. The molecule has 3 heteroatoms. The van der Waals surface area contributed by atoms with Crippen LogP contribution in [0, 0.1) is 5.41 Å². The second kappa shape index (κ2) is 6.72. The third kappa shape index (κ3) is 4.94. The standard InChI is InChI=1S/C14H29NO2/c1-11(13(16-4)17-5)15-12-7-6-9-14(2,3)10-8-12/h11-13,15H,6-10H2,1-5H3. The summed E-state index contributed by atoms with van der Waals surface area (Å²) in [5, 5.41) is 3.65. The van der Waals surface area contributed by atoms with Crippen LogP contribution in [0.5, 0.6) is 0 Å². The Balaban J connectivity index is 2.41. The molecule has 17 heavy (non-hydrogen) atoms. The molecule has 2 unspecified atom stereocenters. The lowest BCUT2D eigenvalue weighted by Gasteiger charge is -2.27. The Labute approximate surface area is 106 Å². The molecule has 0 aromatic carbocycles. The van der Waals surface area contributed by atoms with Gasteiger partial charge in [-0.1, -0.05) is 20.3 Å². The number of ether oxygens (including phenoxy) is 2. The minimum Gasteiger partial charge on any atom is -0.354 e. The summed E-state index contributed by atoms with van der Waals surface area (Å²) in [6.45, 7) is 6.89. The van der Waals surface area contributed by atoms with Crippen LogP contribution in [-0.2, 0) is 9.47 Å². The maximum absolute atomic E-state index is 5.29. The summed E-state index contributed by atoms with van der Waals surface area (Å²) in [6, 6.07) is 0.857. The van der Waals surface area contributed by atoms with Crippen molar-refractivity contribution in [1.29, 1.82) is 0 Å². The lowest BCUT2D eigenvalue weighted by atomic mass is 9.85. The Hall–Kier alpha value is -0.120. The van der Waals surface area contributed by atoms with Gasteiger partial charge in [0.15, 0.2) is 6.29 Å². The zero-order valence-corrected chi connectivity index (χ0v) is 12.1. The molecule has 0 heterocycles. The van der Waals surface area contributed by atoms with Gasteiger partial charge < -0.3 is 14.8 Å². The highest BCUT2D eigenvalue weighted by Gasteiger charge is 2.26. The van der Waals surface area contributed by atoms with Crippen molar-refractivity contribution in [2.75, 3.05) is 14.2 Å². The summed E-state index contributed by atoms with van der Waals surface area (Å²) in [6.07, 6.45) is 6.36. The number of nitrogens with one attached hydrogen (secondary N) is 1. The van der Waals surface area contributed by atoms with Gasteiger partial charge in [0.2, 0.25) is 0 Å². The van der Waals surface area contributed by atoms with E-state index in [1.165, 1.54) is 32.1 Å². The molecule has 0 aliphatic heterocycles. The van der Waals surface area contributed by atoms with Gasteiger partial charge in [-0.2, -0.15) is 0 Å². The minimum atomic E-state index is -0.147. The highest BCUT2D eigenvalue weighted by molar-refractivity contribution is 4.81. The van der Waals surface area contributed by atoms with Crippen molar-refractivity contribution < 1.29 is 9.47 Å². The summed E-state index contributed by atoms with van der Waals surface area (Å²) in [5.74, 6) is 0. The molecule has 3 nitrogen and oxygen atoms in total. The first kappa shape index (κ1) is 14.9. The molecule has 1 aliphatic rings. The fourth-order valence-corrected chi connectivity index (χ4v) is 2.78. The van der Waals surface area contributed by atoms with Gasteiger partial charge in [0.1, 0.15) is 0 Å². The Morgan fingerprint density at radius 1 is 1.12 bits per heavy atom. The predicted octanol–water partition coefficient (Wildman–Crippen LogP) is 2.94. The summed E-state index contributed by atoms with van der Waals surface area (Å²) >= 11 is 0. The molecule has 2 atom stereocenters. The van der Waals surface area contributed by atoms with Gasteiger partial charge >= 0.3 is 0 Å². The molecule has 1 aliphatic carbocycles. The summed E-state index contributed by atoms with van der Waals surface area (Å²) in [5.41, 5.74) is 0.515. The van der Waals surface area contributed by atoms with Crippen molar-refractivity contribution in [3.8, 4) is 0 Å². The normalized spacial score (nSPS) is 26.8. The Kier molecular flexibility index (Phi) is 5.90. The molecular weight excluding hydrogens is 214 g/mol. The van der Waals surface area contributed by atoms with Crippen LogP contribution in [0.3, 0.4) is 0 Å². The molecule has 0 amide bonds. The predicted molar refractivity (Wildman–Crippen MR) is 71.1 cm³/mol.